The Balaban J connectivity index is 2.48. The van der Waals surface area contributed by atoms with E-state index in [-0.39, 0.29) is 11.6 Å². The minimum absolute atomic E-state index is 0.188. The normalized spacial score (nSPS) is 14.2. The first-order valence-electron chi connectivity index (χ1n) is 4.89. The Morgan fingerprint density at radius 3 is 2.82 bits per heavy atom. The molecule has 0 spiro atoms. The number of hydrazone groups is 1. The molecule has 7 heteroatoms. The number of fused-ring (bicyclic) bond motifs is 1. The summed E-state index contributed by atoms with van der Waals surface area (Å²) < 4.78 is 0. The SMILES string of the molecule is CC(=O)ON1C(N)=NN([O-])c2cc(C)ccc21. The maximum Gasteiger partial charge on any atom is 0.330 e. The number of carbonyl (C=O) groups is 1. The van der Waals surface area contributed by atoms with Crippen molar-refractivity contribution in [1.82, 2.24) is 0 Å². The number of guanidine groups is 1. The summed E-state index contributed by atoms with van der Waals surface area (Å²) in [6.45, 7) is 3.08. The highest BCUT2D eigenvalue weighted by molar-refractivity contribution is 6.00. The third-order valence-electron chi connectivity index (χ3n) is 2.18. The molecule has 0 amide bonds. The number of aryl methyl sites for hydroxylation is 1. The Labute approximate surface area is 97.6 Å². The summed E-state index contributed by atoms with van der Waals surface area (Å²) in [5.41, 5.74) is 7.08. The van der Waals surface area contributed by atoms with Crippen molar-refractivity contribution >= 4 is 23.3 Å². The summed E-state index contributed by atoms with van der Waals surface area (Å²) in [7, 11) is 0. The number of nitrogens with two attached hydrogens (primary N) is 1. The van der Waals surface area contributed by atoms with Gasteiger partial charge in [-0.2, -0.15) is 0 Å². The monoisotopic (exact) mass is 235 g/mol. The predicted octanol–water partition coefficient (Wildman–Crippen LogP) is 0.827. The summed E-state index contributed by atoms with van der Waals surface area (Å²) in [4.78, 5) is 15.8. The van der Waals surface area contributed by atoms with Gasteiger partial charge in [0.1, 0.15) is 5.69 Å². The van der Waals surface area contributed by atoms with Gasteiger partial charge < -0.3 is 21.0 Å². The molecule has 2 N–H and O–H groups in total. The van der Waals surface area contributed by atoms with Crippen LogP contribution in [0.5, 0.6) is 0 Å². The van der Waals surface area contributed by atoms with Gasteiger partial charge in [0.15, 0.2) is 0 Å². The van der Waals surface area contributed by atoms with Crippen LogP contribution in [-0.4, -0.2) is 11.9 Å². The maximum absolute atomic E-state index is 11.6. The Bertz CT molecular complexity index is 500. The maximum atomic E-state index is 11.6. The first-order valence-corrected chi connectivity index (χ1v) is 4.89. The van der Waals surface area contributed by atoms with Crippen molar-refractivity contribution < 1.29 is 9.63 Å². The number of benzene rings is 1. The molecule has 1 aliphatic heterocycles. The molecule has 17 heavy (non-hydrogen) atoms. The molecule has 0 saturated carbocycles. The van der Waals surface area contributed by atoms with Crippen LogP contribution < -0.4 is 16.0 Å². The largest absolute Gasteiger partial charge is 0.737 e. The topological polar surface area (TPSA) is 94.2 Å². The van der Waals surface area contributed by atoms with E-state index in [2.05, 4.69) is 5.10 Å². The molecule has 1 aromatic rings. The lowest BCUT2D eigenvalue weighted by Gasteiger charge is -2.35. The highest BCUT2D eigenvalue weighted by atomic mass is 16.7. The number of anilines is 2. The van der Waals surface area contributed by atoms with Gasteiger partial charge in [-0.3, -0.25) is 0 Å². The lowest BCUT2D eigenvalue weighted by Crippen LogP contribution is -2.43. The van der Waals surface area contributed by atoms with Gasteiger partial charge in [-0.25, -0.2) is 4.79 Å². The van der Waals surface area contributed by atoms with Crippen LogP contribution in [0.25, 0.3) is 0 Å². The summed E-state index contributed by atoms with van der Waals surface area (Å²) in [5, 5.41) is 16.5. The zero-order valence-electron chi connectivity index (χ0n) is 9.38. The highest BCUT2D eigenvalue weighted by Crippen LogP contribution is 2.33. The van der Waals surface area contributed by atoms with Gasteiger partial charge >= 0.3 is 5.97 Å². The molecule has 7 nitrogen and oxygen atoms in total. The van der Waals surface area contributed by atoms with Gasteiger partial charge in [0.25, 0.3) is 5.96 Å². The zero-order valence-corrected chi connectivity index (χ0v) is 9.38. The zero-order chi connectivity index (χ0) is 12.6. The van der Waals surface area contributed by atoms with E-state index in [1.165, 1.54) is 6.92 Å². The molecule has 1 aromatic carbocycles. The third-order valence-corrected chi connectivity index (χ3v) is 2.18. The second kappa shape index (κ2) is 3.95. The molecule has 0 aliphatic carbocycles. The molecule has 1 heterocycles. The smallest absolute Gasteiger partial charge is 0.330 e. The van der Waals surface area contributed by atoms with Crippen molar-refractivity contribution in [2.75, 3.05) is 10.2 Å². The van der Waals surface area contributed by atoms with Gasteiger partial charge in [-0.1, -0.05) is 6.07 Å². The van der Waals surface area contributed by atoms with E-state index in [9.17, 15) is 10.0 Å². The fourth-order valence-electron chi connectivity index (χ4n) is 1.49. The number of nitrogens with zero attached hydrogens (tertiary/aromatic N) is 3. The second-order valence-electron chi connectivity index (χ2n) is 3.60. The molecule has 0 fully saturated rings. The Morgan fingerprint density at radius 2 is 2.18 bits per heavy atom. The lowest BCUT2D eigenvalue weighted by atomic mass is 10.2. The molecule has 0 bridgehead atoms. The molecular weight excluding hydrogens is 224 g/mol. The molecular formula is C10H11N4O3-. The van der Waals surface area contributed by atoms with Crippen LogP contribution >= 0.6 is 0 Å². The van der Waals surface area contributed by atoms with E-state index < -0.39 is 5.97 Å². The minimum Gasteiger partial charge on any atom is -0.737 e. The lowest BCUT2D eigenvalue weighted by molar-refractivity contribution is -0.140. The Kier molecular flexibility index (Phi) is 2.60. The van der Waals surface area contributed by atoms with Crippen molar-refractivity contribution in [3.8, 4) is 0 Å². The molecule has 1 aliphatic rings. The molecule has 0 saturated heterocycles. The van der Waals surface area contributed by atoms with Crippen LogP contribution in [0.15, 0.2) is 23.3 Å². The predicted molar refractivity (Wildman–Crippen MR) is 62.9 cm³/mol. The number of hydrogen-bond donors (Lipinski definition) is 1. The van der Waals surface area contributed by atoms with Crippen LogP contribution in [0.1, 0.15) is 12.5 Å². The van der Waals surface area contributed by atoms with Gasteiger partial charge in [0.2, 0.25) is 0 Å². The van der Waals surface area contributed by atoms with E-state index in [4.69, 9.17) is 10.6 Å². The first-order chi connectivity index (χ1) is 7.99. The van der Waals surface area contributed by atoms with Gasteiger partial charge in [-0.15, -0.1) is 10.2 Å². The van der Waals surface area contributed by atoms with Crippen molar-refractivity contribution in [2.45, 2.75) is 13.8 Å². The van der Waals surface area contributed by atoms with E-state index in [0.717, 1.165) is 10.6 Å². The van der Waals surface area contributed by atoms with E-state index in [0.29, 0.717) is 10.9 Å². The van der Waals surface area contributed by atoms with Crippen molar-refractivity contribution in [3.05, 3.63) is 29.0 Å². The quantitative estimate of drug-likeness (QED) is 0.774. The number of rotatable bonds is 1. The second-order valence-corrected chi connectivity index (χ2v) is 3.60. The molecule has 0 radical (unpaired) electrons. The summed E-state index contributed by atoms with van der Waals surface area (Å²) in [5.74, 6) is -0.736. The van der Waals surface area contributed by atoms with Crippen LogP contribution in [0.2, 0.25) is 0 Å². The average Bonchev–Trinajstić information content (AvgIpc) is 2.24. The van der Waals surface area contributed by atoms with E-state index in [1.807, 2.05) is 6.92 Å². The average molecular weight is 235 g/mol. The molecule has 90 valence electrons. The molecule has 0 aromatic heterocycles. The van der Waals surface area contributed by atoms with E-state index in [1.54, 1.807) is 18.2 Å². The number of hydrogen-bond acceptors (Lipinski definition) is 7. The van der Waals surface area contributed by atoms with E-state index >= 15 is 0 Å². The van der Waals surface area contributed by atoms with Gasteiger partial charge in [0, 0.05) is 6.92 Å². The summed E-state index contributed by atoms with van der Waals surface area (Å²) in [6, 6.07) is 5.05. The van der Waals surface area contributed by atoms with Crippen LogP contribution in [0.3, 0.4) is 0 Å². The van der Waals surface area contributed by atoms with Crippen molar-refractivity contribution in [3.63, 3.8) is 0 Å². The van der Waals surface area contributed by atoms with Crippen LogP contribution in [-0.2, 0) is 9.63 Å². The molecule has 0 unspecified atom stereocenters. The van der Waals surface area contributed by atoms with Gasteiger partial charge in [-0.05, 0) is 24.6 Å². The summed E-state index contributed by atoms with van der Waals surface area (Å²) in [6.07, 6.45) is 0. The third kappa shape index (κ3) is 2.00. The Hall–Kier alpha value is -2.28. The minimum atomic E-state index is -0.547. The number of carbonyl (C=O) groups excluding carboxylic acids is 1. The van der Waals surface area contributed by atoms with Crippen LogP contribution in [0, 0.1) is 12.1 Å². The van der Waals surface area contributed by atoms with Crippen molar-refractivity contribution in [1.29, 1.82) is 0 Å². The van der Waals surface area contributed by atoms with Crippen LogP contribution in [0.4, 0.5) is 11.4 Å². The first kappa shape index (κ1) is 11.2. The molecule has 2 rings (SSSR count). The summed E-state index contributed by atoms with van der Waals surface area (Å²) >= 11 is 0. The fraction of sp³-hybridized carbons (Fsp3) is 0.200. The molecule has 0 atom stereocenters. The van der Waals surface area contributed by atoms with Crippen molar-refractivity contribution in [2.24, 2.45) is 10.8 Å². The fourth-order valence-corrected chi connectivity index (χ4v) is 1.49. The Morgan fingerprint density at radius 1 is 1.47 bits per heavy atom. The standard InChI is InChI=1S/C10H11N4O3/c1-6-3-4-8-9(5-6)14(16)12-10(11)13(8)17-7(2)15/h3-5H,1-2H3,(H2,11,12)/q-1. The number of hydroxylamine groups is 1. The highest BCUT2D eigenvalue weighted by Gasteiger charge is 2.23. The van der Waals surface area contributed by atoms with Gasteiger partial charge in [0.05, 0.1) is 5.69 Å².